The van der Waals surface area contributed by atoms with Crippen LogP contribution >= 0.6 is 0 Å². The average molecular weight is 426 g/mol. The summed E-state index contributed by atoms with van der Waals surface area (Å²) in [4.78, 5) is 16.6. The van der Waals surface area contributed by atoms with Crippen LogP contribution in [0.3, 0.4) is 0 Å². The van der Waals surface area contributed by atoms with Gasteiger partial charge in [-0.2, -0.15) is 0 Å². The molecule has 1 atom stereocenters. The molecule has 1 aliphatic rings. The largest absolute Gasteiger partial charge is 0.442 e. The molecular weight excluding hydrogens is 400 g/mol. The fraction of sp³-hybridized carbons (Fsp3) is 0.179. The Bertz CT molecular complexity index is 1070. The molecule has 2 nitrogen and oxygen atoms in total. The molecular formula is C28H25O2S+. The van der Waals surface area contributed by atoms with E-state index in [1.54, 1.807) is 6.07 Å². The zero-order valence-electron chi connectivity index (χ0n) is 17.5. The molecule has 154 valence electrons. The van der Waals surface area contributed by atoms with Crippen molar-refractivity contribution >= 4 is 16.9 Å². The van der Waals surface area contributed by atoms with Gasteiger partial charge in [-0.05, 0) is 56.2 Å². The highest BCUT2D eigenvalue weighted by molar-refractivity contribution is 7.97. The number of terminal acetylenes is 1. The maximum absolute atomic E-state index is 13.1. The van der Waals surface area contributed by atoms with Crippen LogP contribution in [0.25, 0.3) is 0 Å². The molecule has 1 aliphatic carbocycles. The standard InChI is InChI=1S/C28H25O2S/c1-3-28(2,23-14-10-11-15-23)30-27(29)22-13-12-20-26(21-22)31(24-16-6-4-7-17-24)25-18-8-5-9-19-25/h1,4-13,16-21,23H,14-15H2,2H3/q+1. The number of rotatable bonds is 6. The fourth-order valence-corrected chi connectivity index (χ4v) is 5.96. The number of allylic oxidation sites excluding steroid dienone is 2. The molecule has 1 unspecified atom stereocenters. The number of esters is 1. The van der Waals surface area contributed by atoms with Gasteiger partial charge >= 0.3 is 5.97 Å². The van der Waals surface area contributed by atoms with E-state index in [0.29, 0.717) is 5.56 Å². The Hall–Kier alpha value is -3.22. The smallest absolute Gasteiger partial charge is 0.339 e. The van der Waals surface area contributed by atoms with Crippen molar-refractivity contribution in [2.24, 2.45) is 5.92 Å². The van der Waals surface area contributed by atoms with E-state index in [1.165, 1.54) is 9.79 Å². The Morgan fingerprint density at radius 3 is 2.00 bits per heavy atom. The fourth-order valence-electron chi connectivity index (χ4n) is 3.82. The summed E-state index contributed by atoms with van der Waals surface area (Å²) in [6, 6.07) is 28.5. The van der Waals surface area contributed by atoms with Gasteiger partial charge in [0.1, 0.15) is 0 Å². The third-order valence-electron chi connectivity index (χ3n) is 5.64. The highest BCUT2D eigenvalue weighted by Gasteiger charge is 2.37. The zero-order chi connectivity index (χ0) is 21.7. The van der Waals surface area contributed by atoms with E-state index in [4.69, 9.17) is 11.2 Å². The lowest BCUT2D eigenvalue weighted by Crippen LogP contribution is -2.37. The lowest BCUT2D eigenvalue weighted by Gasteiger charge is -2.30. The number of benzene rings is 3. The second-order valence-corrected chi connectivity index (χ2v) is 9.77. The second kappa shape index (κ2) is 9.29. The Labute approximate surface area is 187 Å². The summed E-state index contributed by atoms with van der Waals surface area (Å²) in [5, 5.41) is 0. The van der Waals surface area contributed by atoms with Crippen molar-refractivity contribution < 1.29 is 9.53 Å². The van der Waals surface area contributed by atoms with Crippen LogP contribution in [0.1, 0.15) is 30.1 Å². The molecule has 0 amide bonds. The minimum atomic E-state index is -0.920. The van der Waals surface area contributed by atoms with Gasteiger partial charge in [0.05, 0.1) is 16.5 Å². The van der Waals surface area contributed by atoms with Crippen molar-refractivity contribution in [3.8, 4) is 12.3 Å². The lowest BCUT2D eigenvalue weighted by atomic mass is 9.87. The molecule has 0 N–H and O–H groups in total. The average Bonchev–Trinajstić information content (AvgIpc) is 3.37. The minimum Gasteiger partial charge on any atom is -0.442 e. The third kappa shape index (κ3) is 4.60. The Morgan fingerprint density at radius 2 is 1.45 bits per heavy atom. The van der Waals surface area contributed by atoms with E-state index in [-0.39, 0.29) is 22.8 Å². The molecule has 0 aliphatic heterocycles. The minimum absolute atomic E-state index is 0.118. The quantitative estimate of drug-likeness (QED) is 0.201. The van der Waals surface area contributed by atoms with E-state index >= 15 is 0 Å². The summed E-state index contributed by atoms with van der Waals surface area (Å²) in [5.74, 6) is 2.47. The first-order valence-electron chi connectivity index (χ1n) is 10.4. The molecule has 3 aromatic rings. The van der Waals surface area contributed by atoms with Crippen LogP contribution in [-0.4, -0.2) is 11.6 Å². The molecule has 0 bridgehead atoms. The molecule has 0 spiro atoms. The molecule has 0 saturated carbocycles. The number of carbonyl (C=O) groups is 1. The zero-order valence-corrected chi connectivity index (χ0v) is 18.3. The highest BCUT2D eigenvalue weighted by atomic mass is 32.2. The van der Waals surface area contributed by atoms with Gasteiger partial charge < -0.3 is 4.74 Å². The number of carbonyl (C=O) groups excluding carboxylic acids is 1. The molecule has 0 heterocycles. The van der Waals surface area contributed by atoms with E-state index in [1.807, 2.05) is 55.5 Å². The van der Waals surface area contributed by atoms with Gasteiger partial charge in [-0.3, -0.25) is 0 Å². The summed E-state index contributed by atoms with van der Waals surface area (Å²) in [6.45, 7) is 1.84. The van der Waals surface area contributed by atoms with Crippen molar-refractivity contribution in [3.05, 3.63) is 103 Å². The monoisotopic (exact) mass is 425 g/mol. The first-order valence-corrected chi connectivity index (χ1v) is 11.6. The van der Waals surface area contributed by atoms with Gasteiger partial charge in [0.2, 0.25) is 0 Å². The highest BCUT2D eigenvalue weighted by Crippen LogP contribution is 2.34. The van der Waals surface area contributed by atoms with E-state index in [9.17, 15) is 4.79 Å². The van der Waals surface area contributed by atoms with Crippen molar-refractivity contribution in [3.63, 3.8) is 0 Å². The van der Waals surface area contributed by atoms with Crippen LogP contribution in [0, 0.1) is 18.3 Å². The van der Waals surface area contributed by atoms with Crippen LogP contribution in [0.15, 0.2) is 112 Å². The molecule has 0 saturated heterocycles. The Balaban J connectivity index is 1.66. The Morgan fingerprint density at radius 1 is 0.903 bits per heavy atom. The molecule has 31 heavy (non-hydrogen) atoms. The molecule has 3 heteroatoms. The van der Waals surface area contributed by atoms with Crippen LogP contribution in [0.4, 0.5) is 0 Å². The predicted octanol–water partition coefficient (Wildman–Crippen LogP) is 6.30. The molecule has 0 fully saturated rings. The first kappa shape index (κ1) is 21.0. The SMILES string of the molecule is C#CC(C)(OC(=O)c1cccc([S+](c2ccccc2)c2ccccc2)c1)C1CC=CC1. The maximum atomic E-state index is 13.1. The summed E-state index contributed by atoms with van der Waals surface area (Å²) in [7, 11) is -0.326. The number of ether oxygens (including phenoxy) is 1. The van der Waals surface area contributed by atoms with Gasteiger partial charge in [-0.1, -0.05) is 60.5 Å². The Kier molecular flexibility index (Phi) is 6.30. The topological polar surface area (TPSA) is 26.3 Å². The summed E-state index contributed by atoms with van der Waals surface area (Å²) >= 11 is 0. The van der Waals surface area contributed by atoms with Gasteiger partial charge in [0.25, 0.3) is 0 Å². The van der Waals surface area contributed by atoms with Gasteiger partial charge in [0.15, 0.2) is 20.3 Å². The first-order chi connectivity index (χ1) is 15.1. The summed E-state index contributed by atoms with van der Waals surface area (Å²) in [5.41, 5.74) is -0.397. The molecule has 0 aromatic heterocycles. The van der Waals surface area contributed by atoms with E-state index in [2.05, 4.69) is 48.4 Å². The third-order valence-corrected chi connectivity index (χ3v) is 7.85. The summed E-state index contributed by atoms with van der Waals surface area (Å²) < 4.78 is 5.89. The van der Waals surface area contributed by atoms with Crippen LogP contribution in [0.2, 0.25) is 0 Å². The van der Waals surface area contributed by atoms with E-state index in [0.717, 1.165) is 17.7 Å². The van der Waals surface area contributed by atoms with Crippen LogP contribution < -0.4 is 0 Å². The number of hydrogen-bond donors (Lipinski definition) is 0. The van der Waals surface area contributed by atoms with Gasteiger partial charge in [0, 0.05) is 12.0 Å². The lowest BCUT2D eigenvalue weighted by molar-refractivity contribution is -0.00685. The molecule has 4 rings (SSSR count). The predicted molar refractivity (Wildman–Crippen MR) is 126 cm³/mol. The maximum Gasteiger partial charge on any atom is 0.339 e. The normalized spacial score (nSPS) is 15.4. The van der Waals surface area contributed by atoms with Crippen LogP contribution in [0.5, 0.6) is 0 Å². The molecule has 0 radical (unpaired) electrons. The van der Waals surface area contributed by atoms with Crippen molar-refractivity contribution in [1.29, 1.82) is 0 Å². The summed E-state index contributed by atoms with van der Waals surface area (Å²) in [6.07, 6.45) is 11.7. The van der Waals surface area contributed by atoms with Crippen molar-refractivity contribution in [2.45, 2.75) is 40.1 Å². The second-order valence-electron chi connectivity index (χ2n) is 7.74. The number of hydrogen-bond acceptors (Lipinski definition) is 2. The van der Waals surface area contributed by atoms with E-state index < -0.39 is 5.60 Å². The van der Waals surface area contributed by atoms with Crippen molar-refractivity contribution in [1.82, 2.24) is 0 Å². The van der Waals surface area contributed by atoms with Crippen molar-refractivity contribution in [2.75, 3.05) is 0 Å². The van der Waals surface area contributed by atoms with Crippen LogP contribution in [-0.2, 0) is 15.6 Å². The van der Waals surface area contributed by atoms with Gasteiger partial charge in [-0.15, -0.1) is 6.42 Å². The van der Waals surface area contributed by atoms with Gasteiger partial charge in [-0.25, -0.2) is 4.79 Å². The molecule has 3 aromatic carbocycles.